The Bertz CT molecular complexity index is 555. The number of halogens is 2. The van der Waals surface area contributed by atoms with Crippen molar-refractivity contribution in [3.63, 3.8) is 0 Å². The van der Waals surface area contributed by atoms with Crippen LogP contribution in [-0.4, -0.2) is 30.1 Å². The summed E-state index contributed by atoms with van der Waals surface area (Å²) in [5.74, 6) is -3.22. The van der Waals surface area contributed by atoms with Crippen molar-refractivity contribution < 1.29 is 27.8 Å². The molecule has 22 heavy (non-hydrogen) atoms. The molecule has 0 radical (unpaired) electrons. The molecule has 0 aromatic heterocycles. The smallest absolute Gasteiger partial charge is 0.325 e. The Labute approximate surface area is 127 Å². The minimum absolute atomic E-state index is 0.0128. The number of amides is 1. The molecule has 5 nitrogen and oxygen atoms in total. The van der Waals surface area contributed by atoms with Crippen molar-refractivity contribution in [3.05, 3.63) is 29.8 Å². The highest BCUT2D eigenvalue weighted by Crippen LogP contribution is 2.16. The third kappa shape index (κ3) is 6.07. The Hall–Kier alpha value is -2.18. The van der Waals surface area contributed by atoms with Crippen molar-refractivity contribution in [1.29, 1.82) is 0 Å². The molecule has 0 saturated heterocycles. The van der Waals surface area contributed by atoms with Crippen LogP contribution in [0.3, 0.4) is 0 Å². The van der Waals surface area contributed by atoms with Gasteiger partial charge in [0.25, 0.3) is 5.91 Å². The molecular weight excluding hydrogens is 296 g/mol. The minimum atomic E-state index is -1.07. The third-order valence-corrected chi connectivity index (χ3v) is 2.40. The van der Waals surface area contributed by atoms with Crippen molar-refractivity contribution in [2.45, 2.75) is 39.4 Å². The molecule has 1 aromatic rings. The van der Waals surface area contributed by atoms with E-state index in [-0.39, 0.29) is 12.3 Å². The molecule has 0 spiro atoms. The van der Waals surface area contributed by atoms with E-state index in [1.807, 2.05) is 0 Å². The summed E-state index contributed by atoms with van der Waals surface area (Å²) >= 11 is 0. The van der Waals surface area contributed by atoms with Gasteiger partial charge in [-0.05, 0) is 39.8 Å². The highest BCUT2D eigenvalue weighted by Gasteiger charge is 2.19. The number of nitrogens with one attached hydrogen (secondary N) is 1. The lowest BCUT2D eigenvalue weighted by Gasteiger charge is -2.20. The summed E-state index contributed by atoms with van der Waals surface area (Å²) in [4.78, 5) is 23.2. The van der Waals surface area contributed by atoms with Gasteiger partial charge in [-0.25, -0.2) is 8.78 Å². The Balaban J connectivity index is 2.48. The van der Waals surface area contributed by atoms with Gasteiger partial charge in [0.2, 0.25) is 0 Å². The molecule has 1 aromatic carbocycles. The monoisotopic (exact) mass is 315 g/mol. The summed E-state index contributed by atoms with van der Waals surface area (Å²) in [5, 5.41) is 2.34. The molecule has 1 amide bonds. The molecule has 1 unspecified atom stereocenters. The molecule has 1 N–H and O–H groups in total. The molecule has 0 saturated carbocycles. The van der Waals surface area contributed by atoms with Crippen molar-refractivity contribution in [1.82, 2.24) is 5.32 Å². The van der Waals surface area contributed by atoms with Crippen LogP contribution in [0, 0.1) is 11.6 Å². The number of esters is 1. The first-order chi connectivity index (χ1) is 10.1. The topological polar surface area (TPSA) is 64.6 Å². The number of carbonyl (C=O) groups is 2. The van der Waals surface area contributed by atoms with E-state index >= 15 is 0 Å². The summed E-state index contributed by atoms with van der Waals surface area (Å²) in [6.07, 6.45) is -0.979. The number of benzene rings is 1. The average molecular weight is 315 g/mol. The van der Waals surface area contributed by atoms with Crippen LogP contribution in [0.2, 0.25) is 0 Å². The zero-order valence-corrected chi connectivity index (χ0v) is 12.9. The van der Waals surface area contributed by atoms with E-state index in [2.05, 4.69) is 5.32 Å². The van der Waals surface area contributed by atoms with Crippen molar-refractivity contribution in [2.75, 3.05) is 6.54 Å². The number of carbonyl (C=O) groups excluding carboxylic acids is 2. The van der Waals surface area contributed by atoms with Gasteiger partial charge in [0.05, 0.1) is 0 Å². The van der Waals surface area contributed by atoms with Gasteiger partial charge >= 0.3 is 5.97 Å². The van der Waals surface area contributed by atoms with Gasteiger partial charge < -0.3 is 14.8 Å². The Morgan fingerprint density at radius 3 is 2.41 bits per heavy atom. The first-order valence-electron chi connectivity index (χ1n) is 6.70. The third-order valence-electron chi connectivity index (χ3n) is 2.40. The minimum Gasteiger partial charge on any atom is -0.481 e. The van der Waals surface area contributed by atoms with Gasteiger partial charge in [-0.3, -0.25) is 9.59 Å². The molecular formula is C15H19F2NO4. The zero-order chi connectivity index (χ0) is 16.9. The predicted molar refractivity (Wildman–Crippen MR) is 75.3 cm³/mol. The van der Waals surface area contributed by atoms with Gasteiger partial charge in [0.15, 0.2) is 17.7 Å². The predicted octanol–water partition coefficient (Wildman–Crippen LogP) is 2.19. The van der Waals surface area contributed by atoms with Crippen LogP contribution in [0.15, 0.2) is 18.2 Å². The van der Waals surface area contributed by atoms with E-state index in [9.17, 15) is 18.4 Å². The lowest BCUT2D eigenvalue weighted by molar-refractivity contribution is -0.154. The van der Waals surface area contributed by atoms with Crippen molar-refractivity contribution in [2.24, 2.45) is 0 Å². The first-order valence-corrected chi connectivity index (χ1v) is 6.70. The second-order valence-electron chi connectivity index (χ2n) is 5.64. The second-order valence-corrected chi connectivity index (χ2v) is 5.64. The second kappa shape index (κ2) is 7.20. The molecule has 1 atom stereocenters. The molecule has 122 valence electrons. The molecule has 0 fully saturated rings. The van der Waals surface area contributed by atoms with E-state index in [0.29, 0.717) is 0 Å². The SMILES string of the molecule is CC(Oc1ccc(F)c(F)c1)C(=O)NCC(=O)OC(C)(C)C. The fraction of sp³-hybridized carbons (Fsp3) is 0.467. The van der Waals surface area contributed by atoms with E-state index in [1.54, 1.807) is 20.8 Å². The lowest BCUT2D eigenvalue weighted by atomic mass is 10.2. The van der Waals surface area contributed by atoms with Gasteiger partial charge in [-0.1, -0.05) is 0 Å². The van der Waals surface area contributed by atoms with Crippen LogP contribution in [0.4, 0.5) is 8.78 Å². The van der Waals surface area contributed by atoms with E-state index in [1.165, 1.54) is 13.0 Å². The molecule has 0 aliphatic rings. The van der Waals surface area contributed by atoms with Crippen LogP contribution >= 0.6 is 0 Å². The lowest BCUT2D eigenvalue weighted by Crippen LogP contribution is -2.40. The Morgan fingerprint density at radius 1 is 1.23 bits per heavy atom. The van der Waals surface area contributed by atoms with E-state index in [0.717, 1.165) is 12.1 Å². The molecule has 0 aliphatic heterocycles. The van der Waals surface area contributed by atoms with Gasteiger partial charge in [0, 0.05) is 6.07 Å². The first kappa shape index (κ1) is 17.9. The fourth-order valence-electron chi connectivity index (χ4n) is 1.49. The summed E-state index contributed by atoms with van der Waals surface area (Å²) in [6, 6.07) is 2.94. The maximum absolute atomic E-state index is 13.0. The standard InChI is InChI=1S/C15H19F2NO4/c1-9(21-10-5-6-11(16)12(17)7-10)14(20)18-8-13(19)22-15(2,3)4/h5-7,9H,8H2,1-4H3,(H,18,20). The highest BCUT2D eigenvalue weighted by atomic mass is 19.2. The van der Waals surface area contributed by atoms with Crippen molar-refractivity contribution in [3.8, 4) is 5.75 Å². The van der Waals surface area contributed by atoms with Crippen LogP contribution in [0.5, 0.6) is 5.75 Å². The summed E-state index contributed by atoms with van der Waals surface area (Å²) in [5.41, 5.74) is -0.643. The molecule has 7 heteroatoms. The number of rotatable bonds is 5. The molecule has 0 heterocycles. The Morgan fingerprint density at radius 2 is 1.86 bits per heavy atom. The Kier molecular flexibility index (Phi) is 5.84. The highest BCUT2D eigenvalue weighted by molar-refractivity contribution is 5.85. The maximum atomic E-state index is 13.0. The average Bonchev–Trinajstić information content (AvgIpc) is 2.38. The largest absolute Gasteiger partial charge is 0.481 e. The maximum Gasteiger partial charge on any atom is 0.325 e. The van der Waals surface area contributed by atoms with Crippen LogP contribution in [0.25, 0.3) is 0 Å². The van der Waals surface area contributed by atoms with Gasteiger partial charge in [-0.2, -0.15) is 0 Å². The zero-order valence-electron chi connectivity index (χ0n) is 12.9. The summed E-state index contributed by atoms with van der Waals surface area (Å²) in [7, 11) is 0. The van der Waals surface area contributed by atoms with Crippen LogP contribution in [-0.2, 0) is 14.3 Å². The number of ether oxygens (including phenoxy) is 2. The quantitative estimate of drug-likeness (QED) is 0.846. The summed E-state index contributed by atoms with van der Waals surface area (Å²) in [6.45, 7) is 6.25. The van der Waals surface area contributed by atoms with E-state index < -0.39 is 35.2 Å². The number of hydrogen-bond donors (Lipinski definition) is 1. The van der Waals surface area contributed by atoms with Crippen LogP contribution in [0.1, 0.15) is 27.7 Å². The van der Waals surface area contributed by atoms with E-state index in [4.69, 9.17) is 9.47 Å². The molecule has 1 rings (SSSR count). The summed E-state index contributed by atoms with van der Waals surface area (Å²) < 4.78 is 36.0. The van der Waals surface area contributed by atoms with Crippen LogP contribution < -0.4 is 10.1 Å². The molecule has 0 bridgehead atoms. The molecule has 0 aliphatic carbocycles. The fourth-order valence-corrected chi connectivity index (χ4v) is 1.49. The number of hydrogen-bond acceptors (Lipinski definition) is 4. The van der Waals surface area contributed by atoms with Gasteiger partial charge in [0.1, 0.15) is 17.9 Å². The van der Waals surface area contributed by atoms with Gasteiger partial charge in [-0.15, -0.1) is 0 Å². The van der Waals surface area contributed by atoms with Crippen molar-refractivity contribution >= 4 is 11.9 Å². The normalized spacial score (nSPS) is 12.5.